The maximum Gasteiger partial charge on any atom is 0.240 e. The monoisotopic (exact) mass is 411 g/mol. The third-order valence-corrected chi connectivity index (χ3v) is 6.83. The van der Waals surface area contributed by atoms with Crippen LogP contribution >= 0.6 is 0 Å². The summed E-state index contributed by atoms with van der Waals surface area (Å²) in [7, 11) is 0.521. The maximum atomic E-state index is 12.9. The van der Waals surface area contributed by atoms with E-state index in [2.05, 4.69) is 38.9 Å². The van der Waals surface area contributed by atoms with Crippen molar-refractivity contribution in [2.75, 3.05) is 14.1 Å². The van der Waals surface area contributed by atoms with E-state index in [9.17, 15) is 8.42 Å². The summed E-state index contributed by atoms with van der Waals surface area (Å²) in [5, 5.41) is 1.79. The Morgan fingerprint density at radius 2 is 1.79 bits per heavy atom. The molecule has 0 aliphatic carbocycles. The van der Waals surface area contributed by atoms with Crippen molar-refractivity contribution in [3.8, 4) is 0 Å². The molecule has 0 radical (unpaired) electrons. The highest BCUT2D eigenvalue weighted by atomic mass is 32.2. The van der Waals surface area contributed by atoms with E-state index in [1.54, 1.807) is 30.6 Å². The fraction of sp³-hybridized carbons (Fsp3) is 0.348. The van der Waals surface area contributed by atoms with Crippen molar-refractivity contribution in [1.29, 1.82) is 0 Å². The lowest BCUT2D eigenvalue weighted by Gasteiger charge is -2.27. The Kier molecular flexibility index (Phi) is 7.00. The van der Waals surface area contributed by atoms with Gasteiger partial charge in [0, 0.05) is 29.9 Å². The van der Waals surface area contributed by atoms with E-state index in [1.807, 2.05) is 33.2 Å². The second kappa shape index (κ2) is 9.48. The number of sulfonamides is 1. The minimum atomic E-state index is -3.58. The normalized spacial score (nSPS) is 14.2. The molecule has 2 aromatic carbocycles. The molecule has 1 aromatic heterocycles. The van der Waals surface area contributed by atoms with Crippen molar-refractivity contribution in [3.05, 3.63) is 72.6 Å². The molecule has 0 amide bonds. The van der Waals surface area contributed by atoms with Crippen LogP contribution < -0.4 is 4.72 Å². The van der Waals surface area contributed by atoms with Gasteiger partial charge in [0.15, 0.2) is 0 Å². The molecule has 6 heteroatoms. The van der Waals surface area contributed by atoms with E-state index in [-0.39, 0.29) is 17.0 Å². The molecule has 0 aliphatic rings. The van der Waals surface area contributed by atoms with Crippen LogP contribution in [0.25, 0.3) is 10.8 Å². The summed E-state index contributed by atoms with van der Waals surface area (Å²) in [6.45, 7) is 1.93. The van der Waals surface area contributed by atoms with Gasteiger partial charge in [-0.05, 0) is 69.4 Å². The van der Waals surface area contributed by atoms with Crippen molar-refractivity contribution in [3.63, 3.8) is 0 Å². The number of hydrogen-bond donors (Lipinski definition) is 1. The molecular formula is C23H29N3O2S. The predicted octanol–water partition coefficient (Wildman–Crippen LogP) is 3.85. The highest BCUT2D eigenvalue weighted by Crippen LogP contribution is 2.19. The minimum absolute atomic E-state index is 0.170. The topological polar surface area (TPSA) is 62.3 Å². The number of rotatable bonds is 9. The van der Waals surface area contributed by atoms with Crippen molar-refractivity contribution in [2.24, 2.45) is 0 Å². The summed E-state index contributed by atoms with van der Waals surface area (Å²) >= 11 is 0. The Labute approximate surface area is 173 Å². The molecule has 154 valence electrons. The number of fused-ring (bicyclic) bond motifs is 1. The van der Waals surface area contributed by atoms with Gasteiger partial charge in [-0.1, -0.05) is 36.4 Å². The van der Waals surface area contributed by atoms with Gasteiger partial charge in [0.05, 0.1) is 4.90 Å². The van der Waals surface area contributed by atoms with Gasteiger partial charge >= 0.3 is 0 Å². The van der Waals surface area contributed by atoms with Gasteiger partial charge in [0.1, 0.15) is 0 Å². The van der Waals surface area contributed by atoms with Gasteiger partial charge in [-0.3, -0.25) is 4.98 Å². The fourth-order valence-corrected chi connectivity index (χ4v) is 4.87. The van der Waals surface area contributed by atoms with E-state index < -0.39 is 10.0 Å². The zero-order valence-corrected chi connectivity index (χ0v) is 18.1. The quantitative estimate of drug-likeness (QED) is 0.581. The van der Waals surface area contributed by atoms with Gasteiger partial charge in [0.25, 0.3) is 0 Å². The molecule has 29 heavy (non-hydrogen) atoms. The molecule has 0 aliphatic heterocycles. The van der Waals surface area contributed by atoms with E-state index in [4.69, 9.17) is 0 Å². The summed E-state index contributed by atoms with van der Waals surface area (Å²) in [5.41, 5.74) is 1.30. The van der Waals surface area contributed by atoms with Crippen LogP contribution in [0.1, 0.15) is 25.3 Å². The number of aromatic nitrogens is 1. The highest BCUT2D eigenvalue weighted by Gasteiger charge is 2.21. The maximum absolute atomic E-state index is 12.9. The van der Waals surface area contributed by atoms with Gasteiger partial charge in [-0.25, -0.2) is 13.1 Å². The lowest BCUT2D eigenvalue weighted by Crippen LogP contribution is -2.39. The predicted molar refractivity (Wildman–Crippen MR) is 118 cm³/mol. The Morgan fingerprint density at radius 3 is 2.52 bits per heavy atom. The Morgan fingerprint density at radius 1 is 1.03 bits per heavy atom. The summed E-state index contributed by atoms with van der Waals surface area (Å²) in [4.78, 5) is 6.54. The Balaban J connectivity index is 1.65. The average molecular weight is 412 g/mol. The summed E-state index contributed by atoms with van der Waals surface area (Å²) in [6.07, 6.45) is 6.10. The molecule has 0 spiro atoms. The van der Waals surface area contributed by atoms with Gasteiger partial charge < -0.3 is 4.90 Å². The van der Waals surface area contributed by atoms with Crippen LogP contribution in [0.3, 0.4) is 0 Å². The van der Waals surface area contributed by atoms with Gasteiger partial charge in [-0.2, -0.15) is 0 Å². The number of aryl methyl sites for hydroxylation is 1. The number of pyridine rings is 1. The fourth-order valence-electron chi connectivity index (χ4n) is 3.58. The first-order chi connectivity index (χ1) is 13.8. The minimum Gasteiger partial charge on any atom is -0.306 e. The van der Waals surface area contributed by atoms with E-state index in [1.165, 1.54) is 5.56 Å². The zero-order valence-electron chi connectivity index (χ0n) is 17.2. The van der Waals surface area contributed by atoms with Crippen LogP contribution in [-0.2, 0) is 16.4 Å². The SMILES string of the molecule is C[C@H](CC(CCc1ccccc1)N(C)C)NS(=O)(=O)c1ccc2cnccc2c1. The number of hydrogen-bond acceptors (Lipinski definition) is 4. The lowest BCUT2D eigenvalue weighted by molar-refractivity contribution is 0.250. The number of nitrogens with one attached hydrogen (secondary N) is 1. The van der Waals surface area contributed by atoms with Crippen molar-refractivity contribution in [1.82, 2.24) is 14.6 Å². The second-order valence-electron chi connectivity index (χ2n) is 7.78. The molecule has 3 aromatic rings. The molecule has 5 nitrogen and oxygen atoms in total. The highest BCUT2D eigenvalue weighted by molar-refractivity contribution is 7.89. The molecule has 1 unspecified atom stereocenters. The van der Waals surface area contributed by atoms with E-state index >= 15 is 0 Å². The third-order valence-electron chi connectivity index (χ3n) is 5.24. The van der Waals surface area contributed by atoms with Gasteiger partial charge in [0.2, 0.25) is 10.0 Å². The molecule has 2 atom stereocenters. The van der Waals surface area contributed by atoms with Gasteiger partial charge in [-0.15, -0.1) is 0 Å². The largest absolute Gasteiger partial charge is 0.306 e. The summed E-state index contributed by atoms with van der Waals surface area (Å²) < 4.78 is 28.6. The molecular weight excluding hydrogens is 382 g/mol. The first-order valence-electron chi connectivity index (χ1n) is 9.91. The van der Waals surface area contributed by atoms with Crippen LogP contribution in [0.2, 0.25) is 0 Å². The van der Waals surface area contributed by atoms with Crippen molar-refractivity contribution in [2.45, 2.75) is 43.2 Å². The average Bonchev–Trinajstić information content (AvgIpc) is 2.71. The Bertz CT molecular complexity index is 1040. The van der Waals surface area contributed by atoms with Crippen LogP contribution in [0.5, 0.6) is 0 Å². The van der Waals surface area contributed by atoms with E-state index in [0.29, 0.717) is 0 Å². The molecule has 3 rings (SSSR count). The standard InChI is InChI=1S/C23H29N3O2S/c1-18(15-22(26(2)3)11-9-19-7-5-4-6-8-19)25-29(27,28)23-12-10-21-17-24-14-13-20(21)16-23/h4-8,10,12-14,16-18,22,25H,9,11,15H2,1-3H3/t18-,22?/m1/s1. The Hall–Kier alpha value is -2.28. The summed E-state index contributed by atoms with van der Waals surface area (Å²) in [6, 6.07) is 17.5. The second-order valence-corrected chi connectivity index (χ2v) is 9.50. The summed E-state index contributed by atoms with van der Waals surface area (Å²) in [5.74, 6) is 0. The smallest absolute Gasteiger partial charge is 0.240 e. The lowest BCUT2D eigenvalue weighted by atomic mass is 9.99. The molecule has 1 heterocycles. The number of benzene rings is 2. The molecule has 0 bridgehead atoms. The third kappa shape index (κ3) is 5.85. The van der Waals surface area contributed by atoms with Crippen LogP contribution in [-0.4, -0.2) is 44.5 Å². The molecule has 1 N–H and O–H groups in total. The first kappa shape index (κ1) is 21.4. The zero-order chi connectivity index (χ0) is 20.9. The first-order valence-corrected chi connectivity index (χ1v) is 11.4. The molecule has 0 saturated heterocycles. The van der Waals surface area contributed by atoms with Crippen LogP contribution in [0.4, 0.5) is 0 Å². The molecule has 0 saturated carbocycles. The van der Waals surface area contributed by atoms with Crippen LogP contribution in [0, 0.1) is 0 Å². The van der Waals surface area contributed by atoms with Crippen molar-refractivity contribution < 1.29 is 8.42 Å². The van der Waals surface area contributed by atoms with Crippen molar-refractivity contribution >= 4 is 20.8 Å². The molecule has 0 fully saturated rings. The van der Waals surface area contributed by atoms with Crippen LogP contribution in [0.15, 0.2) is 71.9 Å². The number of nitrogens with zero attached hydrogens (tertiary/aromatic N) is 2. The van der Waals surface area contributed by atoms with E-state index in [0.717, 1.165) is 30.0 Å².